The van der Waals surface area contributed by atoms with Gasteiger partial charge in [-0.15, -0.1) is 0 Å². The smallest absolute Gasteiger partial charge is 0.245 e. The molecule has 1 spiro atoms. The van der Waals surface area contributed by atoms with E-state index in [9.17, 15) is 4.79 Å². The van der Waals surface area contributed by atoms with Crippen molar-refractivity contribution in [2.45, 2.75) is 5.41 Å². The molecule has 1 amide bonds. The number of likely N-dealkylation sites (N-methyl/N-ethyl adjacent to an activating group) is 1. The molecule has 2 aromatic rings. The third kappa shape index (κ3) is 1.44. The van der Waals surface area contributed by atoms with Crippen LogP contribution in [0.4, 0.5) is 5.69 Å². The summed E-state index contributed by atoms with van der Waals surface area (Å²) in [6, 6.07) is 11.6. The second-order valence-corrected chi connectivity index (χ2v) is 6.07. The summed E-state index contributed by atoms with van der Waals surface area (Å²) in [6.45, 7) is 1.36. The lowest BCUT2D eigenvalue weighted by atomic mass is 9.77. The number of carbonyl (C=O) groups is 1. The van der Waals surface area contributed by atoms with Gasteiger partial charge in [-0.3, -0.25) is 4.79 Å². The molecule has 5 nitrogen and oxygen atoms in total. The van der Waals surface area contributed by atoms with Gasteiger partial charge >= 0.3 is 0 Å². The molecular weight excluding hydrogens is 294 g/mol. The number of amides is 1. The van der Waals surface area contributed by atoms with E-state index in [4.69, 9.17) is 14.2 Å². The molecule has 0 aromatic heterocycles. The quantitative estimate of drug-likeness (QED) is 0.748. The summed E-state index contributed by atoms with van der Waals surface area (Å²) in [5, 5.41) is 0. The summed E-state index contributed by atoms with van der Waals surface area (Å²) in [4.78, 5) is 14.8. The minimum Gasteiger partial charge on any atom is -0.491 e. The molecule has 116 valence electrons. The third-order valence-electron chi connectivity index (χ3n) is 4.94. The van der Waals surface area contributed by atoms with E-state index in [1.54, 1.807) is 4.90 Å². The van der Waals surface area contributed by atoms with Crippen molar-refractivity contribution in [1.82, 2.24) is 0 Å². The first-order chi connectivity index (χ1) is 11.2. The molecule has 3 heterocycles. The number of benzene rings is 2. The summed E-state index contributed by atoms with van der Waals surface area (Å²) in [5.41, 5.74) is 2.01. The van der Waals surface area contributed by atoms with E-state index in [0.717, 1.165) is 16.8 Å². The van der Waals surface area contributed by atoms with Gasteiger partial charge in [-0.25, -0.2) is 0 Å². The van der Waals surface area contributed by atoms with Crippen LogP contribution in [0.15, 0.2) is 36.4 Å². The van der Waals surface area contributed by atoms with E-state index < -0.39 is 5.41 Å². The number of fused-ring (bicyclic) bond motifs is 5. The van der Waals surface area contributed by atoms with Crippen molar-refractivity contribution in [3.63, 3.8) is 0 Å². The summed E-state index contributed by atoms with van der Waals surface area (Å²) in [6.07, 6.45) is 0. The number of nitrogens with zero attached hydrogens (tertiary/aromatic N) is 1. The van der Waals surface area contributed by atoms with E-state index in [1.807, 2.05) is 43.4 Å². The van der Waals surface area contributed by atoms with Crippen LogP contribution in [0.2, 0.25) is 0 Å². The number of ether oxygens (including phenoxy) is 3. The van der Waals surface area contributed by atoms with Gasteiger partial charge in [0.05, 0.1) is 0 Å². The van der Waals surface area contributed by atoms with Crippen molar-refractivity contribution < 1.29 is 19.0 Å². The van der Waals surface area contributed by atoms with Crippen molar-refractivity contribution >= 4 is 11.6 Å². The highest BCUT2D eigenvalue weighted by molar-refractivity contribution is 6.11. The fourth-order valence-corrected chi connectivity index (χ4v) is 3.82. The van der Waals surface area contributed by atoms with Gasteiger partial charge in [0.25, 0.3) is 0 Å². The van der Waals surface area contributed by atoms with Crippen molar-refractivity contribution in [3.8, 4) is 17.2 Å². The number of hydrogen-bond donors (Lipinski definition) is 0. The molecule has 3 aliphatic heterocycles. The lowest BCUT2D eigenvalue weighted by Gasteiger charge is -2.23. The Bertz CT molecular complexity index is 847. The molecule has 5 heteroatoms. The molecule has 0 N–H and O–H groups in total. The second-order valence-electron chi connectivity index (χ2n) is 6.07. The van der Waals surface area contributed by atoms with Crippen molar-refractivity contribution in [2.75, 3.05) is 31.8 Å². The molecule has 0 unspecified atom stereocenters. The standard InChI is InChI=1S/C18H15NO4/c1-19-13-5-3-2-4-11(13)18(17(19)20)10-23-14-9-16-15(8-12(14)18)21-6-7-22-16/h2-5,8-9H,6-7,10H2,1H3/t18-/m1/s1. The predicted octanol–water partition coefficient (Wildman–Crippen LogP) is 2.11. The topological polar surface area (TPSA) is 48.0 Å². The lowest BCUT2D eigenvalue weighted by molar-refractivity contribution is -0.121. The van der Waals surface area contributed by atoms with E-state index in [0.29, 0.717) is 37.1 Å². The van der Waals surface area contributed by atoms with Crippen LogP contribution in [0.5, 0.6) is 17.2 Å². The largest absolute Gasteiger partial charge is 0.491 e. The zero-order chi connectivity index (χ0) is 15.6. The summed E-state index contributed by atoms with van der Waals surface area (Å²) >= 11 is 0. The summed E-state index contributed by atoms with van der Waals surface area (Å²) in [7, 11) is 1.81. The Labute approximate surface area is 133 Å². The molecule has 0 fully saturated rings. The highest BCUT2D eigenvalue weighted by atomic mass is 16.6. The van der Waals surface area contributed by atoms with E-state index in [-0.39, 0.29) is 5.91 Å². The number of anilines is 1. The van der Waals surface area contributed by atoms with Crippen molar-refractivity contribution in [1.29, 1.82) is 0 Å². The van der Waals surface area contributed by atoms with Gasteiger partial charge in [0.15, 0.2) is 11.5 Å². The van der Waals surface area contributed by atoms with Gasteiger partial charge in [-0.2, -0.15) is 0 Å². The molecule has 0 saturated heterocycles. The first kappa shape index (κ1) is 12.8. The number of para-hydroxylation sites is 1. The van der Waals surface area contributed by atoms with Gasteiger partial charge in [0.2, 0.25) is 5.91 Å². The Balaban J connectivity index is 1.77. The first-order valence-electron chi connectivity index (χ1n) is 7.66. The zero-order valence-electron chi connectivity index (χ0n) is 12.7. The Kier molecular flexibility index (Phi) is 2.33. The zero-order valence-corrected chi connectivity index (χ0v) is 12.7. The molecule has 0 radical (unpaired) electrons. The summed E-state index contributed by atoms with van der Waals surface area (Å²) in [5.74, 6) is 2.10. The van der Waals surface area contributed by atoms with Gasteiger partial charge < -0.3 is 19.1 Å². The SMILES string of the molecule is CN1C(=O)[C@]2(COc3cc4c(cc32)OCCO4)c2ccccc21. The van der Waals surface area contributed by atoms with Crippen LogP contribution in [-0.2, 0) is 10.2 Å². The highest BCUT2D eigenvalue weighted by Gasteiger charge is 2.56. The molecule has 1 atom stereocenters. The maximum atomic E-state index is 13.1. The summed E-state index contributed by atoms with van der Waals surface area (Å²) < 4.78 is 17.2. The van der Waals surface area contributed by atoms with Crippen LogP contribution in [-0.4, -0.2) is 32.8 Å². The number of rotatable bonds is 0. The molecule has 0 bridgehead atoms. The molecule has 0 aliphatic carbocycles. The molecule has 0 saturated carbocycles. The Morgan fingerprint density at radius 3 is 2.52 bits per heavy atom. The van der Waals surface area contributed by atoms with E-state index in [2.05, 4.69) is 0 Å². The first-order valence-corrected chi connectivity index (χ1v) is 7.66. The second kappa shape index (κ2) is 4.19. The Hall–Kier alpha value is -2.69. The predicted molar refractivity (Wildman–Crippen MR) is 83.6 cm³/mol. The molecular formula is C18H15NO4. The molecule has 3 aliphatic rings. The van der Waals surface area contributed by atoms with Crippen LogP contribution < -0.4 is 19.1 Å². The maximum Gasteiger partial charge on any atom is 0.245 e. The minimum absolute atomic E-state index is 0.0362. The van der Waals surface area contributed by atoms with Crippen LogP contribution in [0, 0.1) is 0 Å². The maximum absolute atomic E-state index is 13.1. The van der Waals surface area contributed by atoms with E-state index >= 15 is 0 Å². The van der Waals surface area contributed by atoms with Crippen LogP contribution >= 0.6 is 0 Å². The van der Waals surface area contributed by atoms with Crippen LogP contribution in [0.3, 0.4) is 0 Å². The molecule has 23 heavy (non-hydrogen) atoms. The fraction of sp³-hybridized carbons (Fsp3) is 0.278. The Morgan fingerprint density at radius 2 is 1.70 bits per heavy atom. The van der Waals surface area contributed by atoms with Crippen LogP contribution in [0.25, 0.3) is 0 Å². The minimum atomic E-state index is -0.781. The Morgan fingerprint density at radius 1 is 0.957 bits per heavy atom. The lowest BCUT2D eigenvalue weighted by Crippen LogP contribution is -2.41. The number of carbonyl (C=O) groups excluding carboxylic acids is 1. The third-order valence-corrected chi connectivity index (χ3v) is 4.94. The normalized spacial score (nSPS) is 23.7. The molecule has 5 rings (SSSR count). The molecule has 2 aromatic carbocycles. The van der Waals surface area contributed by atoms with Crippen molar-refractivity contribution in [3.05, 3.63) is 47.5 Å². The van der Waals surface area contributed by atoms with Gasteiger partial charge in [-0.1, -0.05) is 18.2 Å². The van der Waals surface area contributed by atoms with Crippen molar-refractivity contribution in [2.24, 2.45) is 0 Å². The average molecular weight is 309 g/mol. The van der Waals surface area contributed by atoms with Gasteiger partial charge in [-0.05, 0) is 17.7 Å². The van der Waals surface area contributed by atoms with Crippen LogP contribution in [0.1, 0.15) is 11.1 Å². The van der Waals surface area contributed by atoms with Gasteiger partial charge in [0.1, 0.15) is 31.0 Å². The fourth-order valence-electron chi connectivity index (χ4n) is 3.82. The monoisotopic (exact) mass is 309 g/mol. The average Bonchev–Trinajstić information content (AvgIpc) is 3.07. The van der Waals surface area contributed by atoms with E-state index in [1.165, 1.54) is 0 Å². The number of hydrogen-bond acceptors (Lipinski definition) is 4. The van der Waals surface area contributed by atoms with Gasteiger partial charge in [0, 0.05) is 24.4 Å². The highest BCUT2D eigenvalue weighted by Crippen LogP contribution is 2.54.